The Morgan fingerprint density at radius 3 is 2.49 bits per heavy atom. The number of carbonyl (C=O) groups is 1. The number of aliphatic hydroxyl groups excluding tert-OH is 1. The third kappa shape index (κ3) is 4.67. The molecule has 43 heavy (non-hydrogen) atoms. The molecule has 3 aromatic rings. The lowest BCUT2D eigenvalue weighted by atomic mass is 9.77. The van der Waals surface area contributed by atoms with Gasteiger partial charge in [-0.25, -0.2) is 12.8 Å². The highest BCUT2D eigenvalue weighted by atomic mass is 32.2. The highest BCUT2D eigenvalue weighted by Gasteiger charge is 2.57. The number of nitrogens with zero attached hydrogens (tertiary/aromatic N) is 2. The number of benzene rings is 3. The number of amides is 1. The number of anilines is 2. The third-order valence-corrected chi connectivity index (χ3v) is 11.5. The van der Waals surface area contributed by atoms with Crippen LogP contribution < -0.4 is 10.0 Å². The summed E-state index contributed by atoms with van der Waals surface area (Å²) in [6.07, 6.45) is 2.67. The van der Waals surface area contributed by atoms with Crippen LogP contribution in [0.2, 0.25) is 0 Å². The minimum Gasteiger partial charge on any atom is -0.511 e. The standard InChI is InChI=1S/C30H27FN4O6S2/c31-20-10-6-17(7-11-20)16-35-27-19-9-8-18(14-19)25(27)28(36)26(30(35)37)29-32-23-13-12-21(15-24(23)43(40,41)34-29)33-42(38,39)22-4-2-1-3-5-22/h1-7,10-13,15,18-19,25,27,33,36H,8-9,14,16H2,(H,32,34). The fourth-order valence-corrected chi connectivity index (χ4v) is 9.20. The molecule has 13 heteroatoms. The molecule has 4 atom stereocenters. The number of nitrogens with one attached hydrogen (secondary N) is 2. The van der Waals surface area contributed by atoms with Crippen molar-refractivity contribution in [3.8, 4) is 0 Å². The molecule has 0 radical (unpaired) electrons. The number of rotatable bonds is 6. The van der Waals surface area contributed by atoms with Crippen molar-refractivity contribution in [2.45, 2.75) is 41.6 Å². The van der Waals surface area contributed by atoms with E-state index in [0.717, 1.165) is 25.3 Å². The summed E-state index contributed by atoms with van der Waals surface area (Å²) >= 11 is 0. The number of halogens is 1. The van der Waals surface area contributed by atoms with E-state index in [2.05, 4.69) is 14.4 Å². The summed E-state index contributed by atoms with van der Waals surface area (Å²) in [5, 5.41) is 14.4. The fourth-order valence-electron chi connectivity index (χ4n) is 6.98. The summed E-state index contributed by atoms with van der Waals surface area (Å²) in [7, 11) is -8.39. The zero-order valence-electron chi connectivity index (χ0n) is 22.6. The van der Waals surface area contributed by atoms with Crippen LogP contribution in [0, 0.1) is 23.6 Å². The van der Waals surface area contributed by atoms with E-state index in [-0.39, 0.29) is 68.7 Å². The summed E-state index contributed by atoms with van der Waals surface area (Å²) in [6, 6.07) is 17.2. The first kappa shape index (κ1) is 27.6. The Morgan fingerprint density at radius 2 is 1.74 bits per heavy atom. The Kier molecular flexibility index (Phi) is 6.36. The van der Waals surface area contributed by atoms with Crippen LogP contribution in [0.25, 0.3) is 0 Å². The molecule has 2 aliphatic heterocycles. The van der Waals surface area contributed by atoms with Crippen LogP contribution in [-0.4, -0.2) is 44.6 Å². The first-order chi connectivity index (χ1) is 20.5. The second-order valence-electron chi connectivity index (χ2n) is 11.3. The van der Waals surface area contributed by atoms with Crippen LogP contribution >= 0.6 is 0 Å². The molecule has 3 N–H and O–H groups in total. The number of sulfonamides is 2. The van der Waals surface area contributed by atoms with Crippen LogP contribution in [0.3, 0.4) is 0 Å². The maximum absolute atomic E-state index is 14.0. The van der Waals surface area contributed by atoms with E-state index in [1.165, 1.54) is 36.4 Å². The van der Waals surface area contributed by atoms with Crippen molar-refractivity contribution in [1.82, 2.24) is 4.90 Å². The Balaban J connectivity index is 1.24. The fraction of sp³-hybridized carbons (Fsp3) is 0.267. The number of amidine groups is 1. The normalized spacial score (nSPS) is 25.6. The predicted octanol–water partition coefficient (Wildman–Crippen LogP) is 4.41. The predicted molar refractivity (Wildman–Crippen MR) is 157 cm³/mol. The third-order valence-electron chi connectivity index (χ3n) is 8.81. The molecule has 0 aromatic heterocycles. The summed E-state index contributed by atoms with van der Waals surface area (Å²) in [6.45, 7) is 0.168. The highest BCUT2D eigenvalue weighted by Crippen LogP contribution is 2.55. The van der Waals surface area contributed by atoms with Crippen LogP contribution in [0.5, 0.6) is 0 Å². The molecule has 2 fully saturated rings. The molecule has 2 heterocycles. The lowest BCUT2D eigenvalue weighted by molar-refractivity contribution is -0.134. The monoisotopic (exact) mass is 622 g/mol. The van der Waals surface area contributed by atoms with Crippen LogP contribution in [0.15, 0.2) is 98.3 Å². The van der Waals surface area contributed by atoms with Crippen molar-refractivity contribution in [1.29, 1.82) is 0 Å². The first-order valence-corrected chi connectivity index (χ1v) is 16.8. The number of hydrogen-bond acceptors (Lipinski definition) is 7. The molecule has 2 aliphatic carbocycles. The van der Waals surface area contributed by atoms with Gasteiger partial charge in [-0.15, -0.1) is 4.40 Å². The number of carbonyl (C=O) groups excluding carboxylic acids is 1. The SMILES string of the molecule is O=C1C(C2=NS(=O)(=O)c3cc(NS(=O)(=O)c4ccccc4)ccc3N2)=C(O)C2C3CCC(C3)C2N1Cc1ccc(F)cc1. The van der Waals surface area contributed by atoms with Gasteiger partial charge in [0.1, 0.15) is 22.0 Å². The molecule has 1 amide bonds. The Morgan fingerprint density at radius 1 is 1.02 bits per heavy atom. The Bertz CT molecular complexity index is 1930. The molecule has 7 rings (SSSR count). The molecular weight excluding hydrogens is 595 g/mol. The zero-order chi connectivity index (χ0) is 30.1. The number of aliphatic hydroxyl groups is 1. The van der Waals surface area contributed by atoms with Gasteiger partial charge in [0.25, 0.3) is 26.0 Å². The average Bonchev–Trinajstić information content (AvgIpc) is 3.60. The van der Waals surface area contributed by atoms with Crippen LogP contribution in [-0.2, 0) is 31.4 Å². The van der Waals surface area contributed by atoms with E-state index in [0.29, 0.717) is 5.56 Å². The van der Waals surface area contributed by atoms with Crippen molar-refractivity contribution >= 4 is 43.2 Å². The van der Waals surface area contributed by atoms with E-state index in [1.54, 1.807) is 35.2 Å². The van der Waals surface area contributed by atoms with Gasteiger partial charge in [-0.1, -0.05) is 30.3 Å². The molecule has 2 bridgehead atoms. The van der Waals surface area contributed by atoms with Gasteiger partial charge in [0, 0.05) is 18.5 Å². The Labute approximate surface area is 248 Å². The zero-order valence-corrected chi connectivity index (χ0v) is 24.3. The maximum Gasteiger partial charge on any atom is 0.286 e. The molecule has 222 valence electrons. The molecule has 0 saturated heterocycles. The summed E-state index contributed by atoms with van der Waals surface area (Å²) in [5.74, 6) is -1.45. The minimum atomic E-state index is -4.41. The largest absolute Gasteiger partial charge is 0.511 e. The van der Waals surface area contributed by atoms with Gasteiger partial charge in [0.05, 0.1) is 16.3 Å². The van der Waals surface area contributed by atoms with Gasteiger partial charge in [-0.3, -0.25) is 9.52 Å². The van der Waals surface area contributed by atoms with Crippen LogP contribution in [0.4, 0.5) is 15.8 Å². The van der Waals surface area contributed by atoms with Crippen molar-refractivity contribution in [3.05, 3.63) is 95.5 Å². The van der Waals surface area contributed by atoms with Gasteiger partial charge in [-0.2, -0.15) is 8.42 Å². The molecular formula is C30H27FN4O6S2. The number of hydrogen-bond donors (Lipinski definition) is 3. The van der Waals surface area contributed by atoms with E-state index < -0.39 is 31.8 Å². The van der Waals surface area contributed by atoms with E-state index >= 15 is 0 Å². The quantitative estimate of drug-likeness (QED) is 0.369. The van der Waals surface area contributed by atoms with Crippen molar-refractivity contribution < 1.29 is 31.1 Å². The van der Waals surface area contributed by atoms with Crippen molar-refractivity contribution in [2.24, 2.45) is 22.2 Å². The van der Waals surface area contributed by atoms with Gasteiger partial charge in [-0.05, 0) is 79.1 Å². The molecule has 2 saturated carbocycles. The highest BCUT2D eigenvalue weighted by molar-refractivity contribution is 7.92. The van der Waals surface area contributed by atoms with Crippen molar-refractivity contribution in [2.75, 3.05) is 10.0 Å². The van der Waals surface area contributed by atoms with E-state index in [4.69, 9.17) is 0 Å². The molecule has 3 aromatic carbocycles. The van der Waals surface area contributed by atoms with Gasteiger partial charge >= 0.3 is 0 Å². The number of fused-ring (bicyclic) bond motifs is 6. The lowest BCUT2D eigenvalue weighted by Crippen LogP contribution is -2.53. The Hall–Kier alpha value is -4.23. The molecule has 0 spiro atoms. The van der Waals surface area contributed by atoms with E-state index in [9.17, 15) is 31.1 Å². The average molecular weight is 623 g/mol. The topological polar surface area (TPSA) is 145 Å². The van der Waals surface area contributed by atoms with Gasteiger partial charge < -0.3 is 15.3 Å². The van der Waals surface area contributed by atoms with Crippen molar-refractivity contribution in [3.63, 3.8) is 0 Å². The first-order valence-electron chi connectivity index (χ1n) is 13.8. The molecule has 10 nitrogen and oxygen atoms in total. The summed E-state index contributed by atoms with van der Waals surface area (Å²) in [5.41, 5.74) is 0.594. The van der Waals surface area contributed by atoms with Gasteiger partial charge in [0.2, 0.25) is 0 Å². The summed E-state index contributed by atoms with van der Waals surface area (Å²) in [4.78, 5) is 15.4. The minimum absolute atomic E-state index is 0.0105. The molecule has 4 aliphatic rings. The maximum atomic E-state index is 14.0. The lowest BCUT2D eigenvalue weighted by Gasteiger charge is -2.44. The van der Waals surface area contributed by atoms with Crippen LogP contribution in [0.1, 0.15) is 24.8 Å². The van der Waals surface area contributed by atoms with E-state index in [1.807, 2.05) is 0 Å². The van der Waals surface area contributed by atoms with Gasteiger partial charge in [0.15, 0.2) is 5.84 Å². The smallest absolute Gasteiger partial charge is 0.286 e. The summed E-state index contributed by atoms with van der Waals surface area (Å²) < 4.78 is 72.3. The second kappa shape index (κ2) is 9.91. The second-order valence-corrected chi connectivity index (χ2v) is 14.6. The molecule has 4 unspecified atom stereocenters.